The number of sulfonamides is 1. The number of alkyl halides is 3. The van der Waals surface area contributed by atoms with Crippen molar-refractivity contribution < 1.29 is 31.1 Å². The number of hydrogen-bond acceptors (Lipinski definition) is 8. The second-order valence-corrected chi connectivity index (χ2v) is 10.6. The third kappa shape index (κ3) is 6.03. The molecule has 192 valence electrons. The lowest BCUT2D eigenvalue weighted by Gasteiger charge is -2.37. The van der Waals surface area contributed by atoms with Crippen LogP contribution in [0, 0.1) is 16.2 Å². The summed E-state index contributed by atoms with van der Waals surface area (Å²) in [6.45, 7) is 0.384. The number of piperidine rings is 1. The lowest BCUT2D eigenvalue weighted by Crippen LogP contribution is -2.52. The summed E-state index contributed by atoms with van der Waals surface area (Å²) in [6, 6.07) is 7.04. The van der Waals surface area contributed by atoms with Gasteiger partial charge < -0.3 is 4.74 Å². The van der Waals surface area contributed by atoms with Gasteiger partial charge in [0.05, 0.1) is 22.8 Å². The van der Waals surface area contributed by atoms with Crippen molar-refractivity contribution >= 4 is 27.6 Å². The Morgan fingerprint density at radius 1 is 1.26 bits per heavy atom. The maximum Gasteiger partial charge on any atom is 0.491 e. The van der Waals surface area contributed by atoms with Gasteiger partial charge in [0.1, 0.15) is 6.07 Å². The van der Waals surface area contributed by atoms with E-state index in [1.165, 1.54) is 38.5 Å². The fourth-order valence-corrected chi connectivity index (χ4v) is 5.86. The zero-order valence-corrected chi connectivity index (χ0v) is 20.0. The first-order chi connectivity index (χ1) is 16.4. The minimum absolute atomic E-state index is 0.0366. The Bertz CT molecular complexity index is 1070. The van der Waals surface area contributed by atoms with E-state index in [4.69, 9.17) is 11.6 Å². The third-order valence-corrected chi connectivity index (χ3v) is 8.29. The first-order valence-electron chi connectivity index (χ1n) is 10.7. The molecule has 2 saturated heterocycles. The number of ether oxygens (including phenoxy) is 1. The highest BCUT2D eigenvalue weighted by atomic mass is 35.5. The number of esters is 1. The van der Waals surface area contributed by atoms with E-state index < -0.39 is 33.9 Å². The summed E-state index contributed by atoms with van der Waals surface area (Å²) < 4.78 is 69.5. The molecule has 1 aromatic rings. The van der Waals surface area contributed by atoms with Crippen molar-refractivity contribution in [2.45, 2.75) is 48.5 Å². The number of hydrogen-bond donors (Lipinski definition) is 0. The number of halogens is 4. The van der Waals surface area contributed by atoms with Crippen molar-refractivity contribution in [2.75, 3.05) is 32.7 Å². The molecule has 0 saturated carbocycles. The van der Waals surface area contributed by atoms with E-state index in [0.29, 0.717) is 24.3 Å². The highest BCUT2D eigenvalue weighted by Gasteiger charge is 2.51. The number of nitrogens with zero attached hydrogens (tertiary/aromatic N) is 5. The third-order valence-electron chi connectivity index (χ3n) is 6.12. The van der Waals surface area contributed by atoms with Gasteiger partial charge >= 0.3 is 12.1 Å². The Kier molecular flexibility index (Phi) is 8.25. The predicted molar refractivity (Wildman–Crippen MR) is 117 cm³/mol. The van der Waals surface area contributed by atoms with E-state index in [1.807, 2.05) is 0 Å². The van der Waals surface area contributed by atoms with Crippen molar-refractivity contribution in [1.82, 2.24) is 14.2 Å². The van der Waals surface area contributed by atoms with Crippen LogP contribution in [-0.4, -0.2) is 79.3 Å². The minimum Gasteiger partial charge on any atom is -0.423 e. The van der Waals surface area contributed by atoms with Crippen molar-refractivity contribution in [3.05, 3.63) is 34.2 Å². The van der Waals surface area contributed by atoms with Gasteiger partial charge in [-0.2, -0.15) is 22.7 Å². The monoisotopic (exact) mass is 537 g/mol. The van der Waals surface area contributed by atoms with Gasteiger partial charge in [-0.05, 0) is 43.5 Å². The average molecular weight is 538 g/mol. The van der Waals surface area contributed by atoms with E-state index in [0.717, 1.165) is 0 Å². The van der Waals surface area contributed by atoms with Crippen molar-refractivity contribution in [3.8, 4) is 6.07 Å². The van der Waals surface area contributed by atoms with Crippen LogP contribution in [0.5, 0.6) is 0 Å². The molecule has 0 radical (unpaired) electrons. The highest BCUT2D eigenvalue weighted by Crippen LogP contribution is 2.33. The zero-order chi connectivity index (χ0) is 25.9. The summed E-state index contributed by atoms with van der Waals surface area (Å²) in [6.07, 6.45) is -4.42. The van der Waals surface area contributed by atoms with Gasteiger partial charge in [-0.15, -0.1) is 4.91 Å². The minimum atomic E-state index is -5.24. The number of rotatable bonds is 8. The van der Waals surface area contributed by atoms with Crippen LogP contribution < -0.4 is 0 Å². The lowest BCUT2D eigenvalue weighted by molar-refractivity contribution is -0.219. The number of likely N-dealkylation sites (tertiary alicyclic amines) is 1. The number of benzene rings is 1. The summed E-state index contributed by atoms with van der Waals surface area (Å²) in [4.78, 5) is 24.2. The van der Waals surface area contributed by atoms with E-state index in [1.54, 1.807) is 6.07 Å². The van der Waals surface area contributed by atoms with Gasteiger partial charge in [0.25, 0.3) is 5.72 Å². The van der Waals surface area contributed by atoms with E-state index in [2.05, 4.69) is 10.0 Å². The molecule has 1 atom stereocenters. The maximum absolute atomic E-state index is 12.8. The van der Waals surface area contributed by atoms with E-state index in [-0.39, 0.29) is 44.0 Å². The molecule has 0 spiro atoms. The lowest BCUT2D eigenvalue weighted by atomic mass is 10.1. The molecule has 2 heterocycles. The predicted octanol–water partition coefficient (Wildman–Crippen LogP) is 2.90. The molecule has 0 bridgehead atoms. The molecule has 0 aliphatic carbocycles. The second-order valence-electron chi connectivity index (χ2n) is 8.21. The van der Waals surface area contributed by atoms with Crippen LogP contribution >= 0.6 is 11.6 Å². The Labute approximate surface area is 205 Å². The number of nitriles is 1. The van der Waals surface area contributed by atoms with Crippen LogP contribution in [0.15, 0.2) is 34.4 Å². The summed E-state index contributed by atoms with van der Waals surface area (Å²) >= 11 is 5.82. The van der Waals surface area contributed by atoms with Crippen molar-refractivity contribution in [1.29, 1.82) is 5.26 Å². The molecule has 1 unspecified atom stereocenters. The van der Waals surface area contributed by atoms with Gasteiger partial charge in [-0.25, -0.2) is 13.2 Å². The molecule has 0 aromatic heterocycles. The van der Waals surface area contributed by atoms with Crippen LogP contribution in [0.2, 0.25) is 5.02 Å². The molecule has 1 aromatic carbocycles. The molecule has 3 rings (SSSR count). The smallest absolute Gasteiger partial charge is 0.423 e. The highest BCUT2D eigenvalue weighted by molar-refractivity contribution is 7.89. The molecular formula is C20H23ClF3N5O5S. The quantitative estimate of drug-likeness (QED) is 0.282. The Balaban J connectivity index is 1.59. The van der Waals surface area contributed by atoms with Gasteiger partial charge in [0.15, 0.2) is 0 Å². The molecule has 10 nitrogen and oxygen atoms in total. The Morgan fingerprint density at radius 2 is 1.89 bits per heavy atom. The fourth-order valence-electron chi connectivity index (χ4n) is 4.27. The normalized spacial score (nSPS) is 22.5. The number of nitroso groups, excluding NO2 is 1. The summed E-state index contributed by atoms with van der Waals surface area (Å²) in [5.74, 6) is -2.45. The van der Waals surface area contributed by atoms with E-state index in [9.17, 15) is 36.6 Å². The maximum atomic E-state index is 12.8. The molecular weight excluding hydrogens is 515 g/mol. The first kappa shape index (κ1) is 27.1. The van der Waals surface area contributed by atoms with Crippen molar-refractivity contribution in [3.63, 3.8) is 0 Å². The van der Waals surface area contributed by atoms with Gasteiger partial charge in [-0.1, -0.05) is 11.6 Å². The molecule has 0 N–H and O–H groups in total. The van der Waals surface area contributed by atoms with Crippen LogP contribution in [0.25, 0.3) is 0 Å². The van der Waals surface area contributed by atoms with E-state index >= 15 is 0 Å². The number of carbonyl (C=O) groups is 1. The van der Waals surface area contributed by atoms with Crippen LogP contribution in [0.3, 0.4) is 0 Å². The van der Waals surface area contributed by atoms with Gasteiger partial charge in [-0.3, -0.25) is 9.91 Å². The van der Waals surface area contributed by atoms with Gasteiger partial charge in [0, 0.05) is 37.6 Å². The summed E-state index contributed by atoms with van der Waals surface area (Å²) in [5.41, 5.74) is -2.07. The van der Waals surface area contributed by atoms with Crippen LogP contribution in [0.4, 0.5) is 13.2 Å². The first-order valence-corrected chi connectivity index (χ1v) is 12.6. The molecule has 35 heavy (non-hydrogen) atoms. The topological polar surface area (TPSA) is 123 Å². The fraction of sp³-hybridized carbons (Fsp3) is 0.600. The standard InChI is InChI=1S/C20H23ClF3N5O5S/c21-15-2-4-17(5-3-15)35(32,33)28-10-6-16(7-11-28)29(26-31)13-12-27-9-1-8-19(27,14-25)34-18(30)20(22,23)24/h2-5,16H,1,6-13H2. The summed E-state index contributed by atoms with van der Waals surface area (Å²) in [5, 5.41) is 14.1. The molecule has 15 heteroatoms. The van der Waals surface area contributed by atoms with Gasteiger partial charge in [0.2, 0.25) is 10.0 Å². The Morgan fingerprint density at radius 3 is 2.43 bits per heavy atom. The average Bonchev–Trinajstić information content (AvgIpc) is 3.22. The molecule has 2 fully saturated rings. The molecule has 2 aliphatic heterocycles. The summed E-state index contributed by atoms with van der Waals surface area (Å²) in [7, 11) is -3.74. The molecule has 0 amide bonds. The van der Waals surface area contributed by atoms with Crippen LogP contribution in [-0.2, 0) is 19.6 Å². The van der Waals surface area contributed by atoms with Crippen molar-refractivity contribution in [2.24, 2.45) is 5.29 Å². The number of carbonyl (C=O) groups excluding carboxylic acids is 1. The second kappa shape index (κ2) is 10.7. The SMILES string of the molecule is N#CC1(OC(=O)C(F)(F)F)CCCN1CCN(N=O)C1CCN(S(=O)(=O)c2ccc(Cl)cc2)CC1. The zero-order valence-electron chi connectivity index (χ0n) is 18.4. The Hall–Kier alpha value is -2.47. The molecule has 2 aliphatic rings. The van der Waals surface area contributed by atoms with Crippen LogP contribution in [0.1, 0.15) is 25.7 Å². The largest absolute Gasteiger partial charge is 0.491 e.